The lowest BCUT2D eigenvalue weighted by Crippen LogP contribution is -2.46. The largest absolute Gasteiger partial charge is 0.360 e. The number of rotatable bonds is 6. The number of carbonyl (C=O) groups is 2. The molecule has 1 heterocycles. The quantitative estimate of drug-likeness (QED) is 0.824. The molecule has 2 aromatic rings. The Balaban J connectivity index is 1.44. The number of nitrogens with zero attached hydrogens (tertiary/aromatic N) is 2. The minimum Gasteiger partial charge on any atom is -0.360 e. The summed E-state index contributed by atoms with van der Waals surface area (Å²) in [6.45, 7) is 1.85. The van der Waals surface area contributed by atoms with Gasteiger partial charge in [0.15, 0.2) is 5.82 Å². The van der Waals surface area contributed by atoms with Crippen molar-refractivity contribution in [3.63, 3.8) is 0 Å². The van der Waals surface area contributed by atoms with E-state index in [1.54, 1.807) is 13.0 Å². The van der Waals surface area contributed by atoms with Crippen molar-refractivity contribution in [3.8, 4) is 0 Å². The first-order valence-corrected chi connectivity index (χ1v) is 10.2. The maximum absolute atomic E-state index is 13.3. The third-order valence-corrected chi connectivity index (χ3v) is 5.84. The van der Waals surface area contributed by atoms with Crippen molar-refractivity contribution in [1.29, 1.82) is 0 Å². The Morgan fingerprint density at radius 3 is 2.61 bits per heavy atom. The van der Waals surface area contributed by atoms with E-state index in [2.05, 4.69) is 22.6 Å². The van der Waals surface area contributed by atoms with Gasteiger partial charge >= 0.3 is 0 Å². The second kappa shape index (κ2) is 8.17. The van der Waals surface area contributed by atoms with Gasteiger partial charge in [0, 0.05) is 18.0 Å². The van der Waals surface area contributed by atoms with Crippen molar-refractivity contribution in [2.45, 2.75) is 57.4 Å². The molecule has 0 saturated heterocycles. The SMILES string of the molecule is Cc1cc(NC(=O)CN(C(=O)[C@H]2C[C@H]2c2ccccc2)C2CCCCC2)no1. The molecule has 0 unspecified atom stereocenters. The van der Waals surface area contributed by atoms with Crippen LogP contribution in [0.15, 0.2) is 40.9 Å². The zero-order valence-electron chi connectivity index (χ0n) is 16.3. The molecule has 2 fully saturated rings. The predicted molar refractivity (Wildman–Crippen MR) is 106 cm³/mol. The fraction of sp³-hybridized carbons (Fsp3) is 0.500. The molecule has 28 heavy (non-hydrogen) atoms. The highest BCUT2D eigenvalue weighted by atomic mass is 16.5. The molecule has 0 bridgehead atoms. The van der Waals surface area contributed by atoms with Crippen molar-refractivity contribution in [3.05, 3.63) is 47.7 Å². The molecule has 0 spiro atoms. The van der Waals surface area contributed by atoms with Gasteiger partial charge in [-0.1, -0.05) is 54.8 Å². The van der Waals surface area contributed by atoms with Gasteiger partial charge in [0.2, 0.25) is 11.8 Å². The highest BCUT2D eigenvalue weighted by Crippen LogP contribution is 2.48. The Labute approximate surface area is 165 Å². The van der Waals surface area contributed by atoms with Crippen molar-refractivity contribution < 1.29 is 14.1 Å². The van der Waals surface area contributed by atoms with Gasteiger partial charge in [0.1, 0.15) is 12.3 Å². The Morgan fingerprint density at radius 1 is 1.18 bits per heavy atom. The zero-order valence-corrected chi connectivity index (χ0v) is 16.3. The molecule has 1 aromatic heterocycles. The van der Waals surface area contributed by atoms with Crippen LogP contribution < -0.4 is 5.32 Å². The van der Waals surface area contributed by atoms with Gasteiger partial charge in [0.05, 0.1) is 0 Å². The molecule has 2 aliphatic rings. The normalized spacial score (nSPS) is 21.9. The van der Waals surface area contributed by atoms with E-state index < -0.39 is 0 Å². The Hall–Kier alpha value is -2.63. The Kier molecular flexibility index (Phi) is 5.46. The summed E-state index contributed by atoms with van der Waals surface area (Å²) in [6.07, 6.45) is 6.27. The average molecular weight is 381 g/mol. The monoisotopic (exact) mass is 381 g/mol. The number of carbonyl (C=O) groups excluding carboxylic acids is 2. The molecule has 6 heteroatoms. The van der Waals surface area contributed by atoms with E-state index in [1.165, 1.54) is 12.0 Å². The van der Waals surface area contributed by atoms with Crippen LogP contribution in [0.3, 0.4) is 0 Å². The number of nitrogens with one attached hydrogen (secondary N) is 1. The molecule has 4 rings (SSSR count). The predicted octanol–water partition coefficient (Wildman–Crippen LogP) is 3.89. The number of anilines is 1. The van der Waals surface area contributed by atoms with E-state index in [9.17, 15) is 9.59 Å². The van der Waals surface area contributed by atoms with Crippen LogP contribution in [0.2, 0.25) is 0 Å². The van der Waals surface area contributed by atoms with E-state index in [0.717, 1.165) is 32.1 Å². The second-order valence-corrected chi connectivity index (χ2v) is 7.99. The van der Waals surface area contributed by atoms with E-state index >= 15 is 0 Å². The van der Waals surface area contributed by atoms with Gasteiger partial charge in [-0.3, -0.25) is 9.59 Å². The fourth-order valence-corrected chi connectivity index (χ4v) is 4.29. The molecular formula is C22H27N3O3. The third kappa shape index (κ3) is 4.26. The summed E-state index contributed by atoms with van der Waals surface area (Å²) in [7, 11) is 0. The summed E-state index contributed by atoms with van der Waals surface area (Å²) in [5.74, 6) is 1.20. The third-order valence-electron chi connectivity index (χ3n) is 5.84. The smallest absolute Gasteiger partial charge is 0.245 e. The molecule has 0 aliphatic heterocycles. The number of amides is 2. The van der Waals surface area contributed by atoms with Crippen molar-refractivity contribution in [2.24, 2.45) is 5.92 Å². The molecule has 2 aliphatic carbocycles. The first-order chi connectivity index (χ1) is 13.6. The molecule has 6 nitrogen and oxygen atoms in total. The van der Waals surface area contributed by atoms with Crippen molar-refractivity contribution in [2.75, 3.05) is 11.9 Å². The summed E-state index contributed by atoms with van der Waals surface area (Å²) in [5.41, 5.74) is 1.21. The van der Waals surface area contributed by atoms with Gasteiger partial charge in [-0.2, -0.15) is 0 Å². The highest BCUT2D eigenvalue weighted by molar-refractivity contribution is 5.95. The molecule has 2 saturated carbocycles. The standard InChI is InChI=1S/C22H27N3O3/c1-15-12-20(24-28-15)23-21(26)14-25(17-10-6-3-7-11-17)22(27)19-13-18(19)16-8-4-2-5-9-16/h2,4-5,8-9,12,17-19H,3,6-7,10-11,13-14H2,1H3,(H,23,24,26)/t18-,19-/m0/s1. The van der Waals surface area contributed by atoms with Gasteiger partial charge in [0.25, 0.3) is 0 Å². The number of hydrogen-bond acceptors (Lipinski definition) is 4. The summed E-state index contributed by atoms with van der Waals surface area (Å²) >= 11 is 0. The highest BCUT2D eigenvalue weighted by Gasteiger charge is 2.47. The summed E-state index contributed by atoms with van der Waals surface area (Å²) in [6, 6.07) is 12.0. The van der Waals surface area contributed by atoms with Gasteiger partial charge in [-0.05, 0) is 37.7 Å². The van der Waals surface area contributed by atoms with E-state index in [1.807, 2.05) is 23.1 Å². The van der Waals surface area contributed by atoms with Gasteiger partial charge in [-0.15, -0.1) is 0 Å². The molecular weight excluding hydrogens is 354 g/mol. The van der Waals surface area contributed by atoms with Crippen LogP contribution in [0.4, 0.5) is 5.82 Å². The van der Waals surface area contributed by atoms with E-state index in [-0.39, 0.29) is 36.2 Å². The van der Waals surface area contributed by atoms with Crippen LogP contribution >= 0.6 is 0 Å². The maximum Gasteiger partial charge on any atom is 0.245 e. The van der Waals surface area contributed by atoms with Crippen LogP contribution in [0.25, 0.3) is 0 Å². The molecule has 148 valence electrons. The molecule has 2 amide bonds. The minimum absolute atomic E-state index is 0.00794. The Bertz CT molecular complexity index is 827. The zero-order chi connectivity index (χ0) is 19.5. The lowest BCUT2D eigenvalue weighted by molar-refractivity contribution is -0.139. The number of hydrogen-bond donors (Lipinski definition) is 1. The summed E-state index contributed by atoms with van der Waals surface area (Å²) in [5, 5.41) is 6.56. The Morgan fingerprint density at radius 2 is 1.93 bits per heavy atom. The van der Waals surface area contributed by atoms with Gasteiger partial charge in [-0.25, -0.2) is 0 Å². The lowest BCUT2D eigenvalue weighted by atomic mass is 9.93. The summed E-state index contributed by atoms with van der Waals surface area (Å²) in [4.78, 5) is 27.7. The summed E-state index contributed by atoms with van der Waals surface area (Å²) < 4.78 is 5.00. The van der Waals surface area contributed by atoms with Crippen LogP contribution in [0.1, 0.15) is 55.8 Å². The van der Waals surface area contributed by atoms with E-state index in [0.29, 0.717) is 11.6 Å². The van der Waals surface area contributed by atoms with E-state index in [4.69, 9.17) is 4.52 Å². The number of aromatic nitrogens is 1. The topological polar surface area (TPSA) is 75.4 Å². The van der Waals surface area contributed by atoms with Crippen LogP contribution in [0.5, 0.6) is 0 Å². The first kappa shape index (κ1) is 18.7. The number of aryl methyl sites for hydroxylation is 1. The first-order valence-electron chi connectivity index (χ1n) is 10.2. The average Bonchev–Trinajstić information content (AvgIpc) is 3.43. The van der Waals surface area contributed by atoms with Crippen LogP contribution in [0, 0.1) is 12.8 Å². The van der Waals surface area contributed by atoms with Crippen molar-refractivity contribution >= 4 is 17.6 Å². The lowest BCUT2D eigenvalue weighted by Gasteiger charge is -2.34. The van der Waals surface area contributed by atoms with Crippen molar-refractivity contribution in [1.82, 2.24) is 10.1 Å². The molecule has 0 radical (unpaired) electrons. The second-order valence-electron chi connectivity index (χ2n) is 7.99. The fourth-order valence-electron chi connectivity index (χ4n) is 4.29. The number of benzene rings is 1. The molecule has 2 atom stereocenters. The van der Waals surface area contributed by atoms with Crippen LogP contribution in [-0.4, -0.2) is 34.5 Å². The van der Waals surface area contributed by atoms with Gasteiger partial charge < -0.3 is 14.7 Å². The molecule has 1 N–H and O–H groups in total. The maximum atomic E-state index is 13.3. The van der Waals surface area contributed by atoms with Crippen LogP contribution in [-0.2, 0) is 9.59 Å². The minimum atomic E-state index is -0.218. The molecule has 1 aromatic carbocycles.